The number of rotatable bonds is 4. The van der Waals surface area contributed by atoms with Gasteiger partial charge < -0.3 is 0 Å². The Morgan fingerprint density at radius 1 is 1.50 bits per heavy atom. The van der Waals surface area contributed by atoms with Crippen LogP contribution in [0.2, 0.25) is 0 Å². The summed E-state index contributed by atoms with van der Waals surface area (Å²) in [6, 6.07) is 7.63. The fourth-order valence-electron chi connectivity index (χ4n) is 1.42. The molecule has 0 bridgehead atoms. The number of hydrogen-bond acceptors (Lipinski definition) is 4. The van der Waals surface area contributed by atoms with E-state index >= 15 is 0 Å². The molecule has 0 radical (unpaired) electrons. The number of benzene rings is 1. The maximum atomic E-state index is 11.3. The van der Waals surface area contributed by atoms with Crippen molar-refractivity contribution in [1.29, 1.82) is 5.26 Å². The molecule has 0 fully saturated rings. The molecule has 1 aromatic carbocycles. The van der Waals surface area contributed by atoms with Gasteiger partial charge in [0.25, 0.3) is 5.69 Å². The third-order valence-corrected chi connectivity index (χ3v) is 2.29. The molecule has 0 saturated heterocycles. The highest BCUT2D eigenvalue weighted by Gasteiger charge is 2.17. The van der Waals surface area contributed by atoms with Crippen molar-refractivity contribution in [2.24, 2.45) is 0 Å². The van der Waals surface area contributed by atoms with E-state index in [1.165, 1.54) is 31.2 Å². The summed E-state index contributed by atoms with van der Waals surface area (Å²) in [7, 11) is 0. The zero-order valence-electron chi connectivity index (χ0n) is 8.71. The molecule has 0 aromatic heterocycles. The van der Waals surface area contributed by atoms with Gasteiger partial charge in [0.15, 0.2) is 0 Å². The van der Waals surface area contributed by atoms with Crippen molar-refractivity contribution in [3.8, 4) is 6.07 Å². The lowest BCUT2D eigenvalue weighted by atomic mass is 9.93. The Kier molecular flexibility index (Phi) is 3.72. The molecule has 1 atom stereocenters. The van der Waals surface area contributed by atoms with Crippen LogP contribution in [0, 0.1) is 21.4 Å². The molecule has 1 unspecified atom stereocenters. The SMILES string of the molecule is CC(=O)C(CC#N)c1ccc([N+](=O)[O-])cc1. The molecule has 1 aromatic rings. The van der Waals surface area contributed by atoms with Crippen LogP contribution in [-0.4, -0.2) is 10.7 Å². The van der Waals surface area contributed by atoms with Crippen LogP contribution in [0.4, 0.5) is 5.69 Å². The Hall–Kier alpha value is -2.22. The second-order valence-corrected chi connectivity index (χ2v) is 3.37. The first kappa shape index (κ1) is 11.9. The monoisotopic (exact) mass is 218 g/mol. The van der Waals surface area contributed by atoms with Crippen molar-refractivity contribution >= 4 is 11.5 Å². The van der Waals surface area contributed by atoms with Crippen molar-refractivity contribution in [3.63, 3.8) is 0 Å². The number of nitrogens with zero attached hydrogens (tertiary/aromatic N) is 2. The maximum Gasteiger partial charge on any atom is 0.269 e. The summed E-state index contributed by atoms with van der Waals surface area (Å²) in [6.07, 6.45) is 0.0904. The topological polar surface area (TPSA) is 84.0 Å². The quantitative estimate of drug-likeness (QED) is 0.572. The number of nitriles is 1. The fraction of sp³-hybridized carbons (Fsp3) is 0.273. The van der Waals surface area contributed by atoms with E-state index in [2.05, 4.69) is 0 Å². The first-order valence-corrected chi connectivity index (χ1v) is 4.68. The van der Waals surface area contributed by atoms with Gasteiger partial charge in [-0.25, -0.2) is 0 Å². The summed E-state index contributed by atoms with van der Waals surface area (Å²) >= 11 is 0. The lowest BCUT2D eigenvalue weighted by Crippen LogP contribution is -2.08. The van der Waals surface area contributed by atoms with E-state index in [0.717, 1.165) is 0 Å². The van der Waals surface area contributed by atoms with Gasteiger partial charge in [-0.15, -0.1) is 0 Å². The van der Waals surface area contributed by atoms with Crippen LogP contribution in [0.3, 0.4) is 0 Å². The normalized spacial score (nSPS) is 11.5. The number of non-ortho nitro benzene ring substituents is 1. The first-order chi connectivity index (χ1) is 7.56. The second-order valence-electron chi connectivity index (χ2n) is 3.37. The molecule has 5 nitrogen and oxygen atoms in total. The molecule has 1 rings (SSSR count). The molecule has 0 aliphatic heterocycles. The highest BCUT2D eigenvalue weighted by atomic mass is 16.6. The van der Waals surface area contributed by atoms with Gasteiger partial charge in [0.1, 0.15) is 5.78 Å². The maximum absolute atomic E-state index is 11.3. The number of hydrogen-bond donors (Lipinski definition) is 0. The van der Waals surface area contributed by atoms with E-state index in [1.807, 2.05) is 6.07 Å². The Labute approximate surface area is 92.5 Å². The highest BCUT2D eigenvalue weighted by molar-refractivity contribution is 5.83. The van der Waals surface area contributed by atoms with Crippen molar-refractivity contribution < 1.29 is 9.72 Å². The van der Waals surface area contributed by atoms with Crippen molar-refractivity contribution in [2.75, 3.05) is 0 Å². The smallest absolute Gasteiger partial charge is 0.269 e. The number of carbonyl (C=O) groups is 1. The molecule has 82 valence electrons. The van der Waals surface area contributed by atoms with Gasteiger partial charge >= 0.3 is 0 Å². The van der Waals surface area contributed by atoms with Crippen LogP contribution in [0.25, 0.3) is 0 Å². The third kappa shape index (κ3) is 2.64. The summed E-state index contributed by atoms with van der Waals surface area (Å²) in [5, 5.41) is 19.0. The third-order valence-electron chi connectivity index (χ3n) is 2.29. The molecule has 0 N–H and O–H groups in total. The van der Waals surface area contributed by atoms with E-state index in [0.29, 0.717) is 5.56 Å². The van der Waals surface area contributed by atoms with Gasteiger partial charge in [-0.05, 0) is 12.5 Å². The van der Waals surface area contributed by atoms with Crippen molar-refractivity contribution in [2.45, 2.75) is 19.3 Å². The minimum Gasteiger partial charge on any atom is -0.299 e. The number of carbonyl (C=O) groups excluding carboxylic acids is 1. The van der Waals surface area contributed by atoms with Gasteiger partial charge in [-0.3, -0.25) is 14.9 Å². The highest BCUT2D eigenvalue weighted by Crippen LogP contribution is 2.22. The van der Waals surface area contributed by atoms with Crippen LogP contribution < -0.4 is 0 Å². The van der Waals surface area contributed by atoms with Gasteiger partial charge in [-0.2, -0.15) is 5.26 Å². The van der Waals surface area contributed by atoms with Crippen LogP contribution in [0.1, 0.15) is 24.8 Å². The van der Waals surface area contributed by atoms with Crippen LogP contribution in [0.15, 0.2) is 24.3 Å². The molecule has 0 aliphatic rings. The minimum absolute atomic E-state index is 0.0250. The number of Topliss-reactive ketones (excluding diaryl/α,β-unsaturated/α-hetero) is 1. The molecular weight excluding hydrogens is 208 g/mol. The van der Waals surface area contributed by atoms with Gasteiger partial charge in [-0.1, -0.05) is 12.1 Å². The van der Waals surface area contributed by atoms with E-state index < -0.39 is 10.8 Å². The standard InChI is InChI=1S/C11H10N2O3/c1-8(14)11(6-7-12)9-2-4-10(5-3-9)13(15)16/h2-5,11H,6H2,1H3. The largest absolute Gasteiger partial charge is 0.299 e. The first-order valence-electron chi connectivity index (χ1n) is 4.68. The summed E-state index contributed by atoms with van der Waals surface area (Å²) < 4.78 is 0. The average molecular weight is 218 g/mol. The summed E-state index contributed by atoms with van der Waals surface area (Å²) in [5.74, 6) is -0.610. The predicted octanol–water partition coefficient (Wildman–Crippen LogP) is 2.18. The van der Waals surface area contributed by atoms with Gasteiger partial charge in [0.05, 0.1) is 16.9 Å². The Balaban J connectivity index is 2.99. The molecule has 0 amide bonds. The minimum atomic E-state index is -0.503. The Bertz CT molecular complexity index is 445. The Morgan fingerprint density at radius 3 is 2.44 bits per heavy atom. The van der Waals surface area contributed by atoms with Crippen molar-refractivity contribution in [1.82, 2.24) is 0 Å². The Morgan fingerprint density at radius 2 is 2.06 bits per heavy atom. The van der Waals surface area contributed by atoms with E-state index in [9.17, 15) is 14.9 Å². The molecule has 0 spiro atoms. The molecule has 0 aliphatic carbocycles. The van der Waals surface area contributed by atoms with Gasteiger partial charge in [0, 0.05) is 18.6 Å². The predicted molar refractivity (Wildman–Crippen MR) is 56.7 cm³/mol. The lowest BCUT2D eigenvalue weighted by molar-refractivity contribution is -0.384. The van der Waals surface area contributed by atoms with E-state index in [-0.39, 0.29) is 17.9 Å². The summed E-state index contributed by atoms with van der Waals surface area (Å²) in [6.45, 7) is 1.41. The second kappa shape index (κ2) is 5.03. The lowest BCUT2D eigenvalue weighted by Gasteiger charge is -2.09. The zero-order valence-corrected chi connectivity index (χ0v) is 8.71. The van der Waals surface area contributed by atoms with E-state index in [4.69, 9.17) is 5.26 Å². The zero-order chi connectivity index (χ0) is 12.1. The number of nitro groups is 1. The van der Waals surface area contributed by atoms with Gasteiger partial charge in [0.2, 0.25) is 0 Å². The summed E-state index contributed by atoms with van der Waals surface area (Å²) in [4.78, 5) is 21.2. The average Bonchev–Trinajstić information content (AvgIpc) is 2.25. The fourth-order valence-corrected chi connectivity index (χ4v) is 1.42. The molecule has 0 saturated carbocycles. The molecular formula is C11H10N2O3. The molecule has 0 heterocycles. The van der Waals surface area contributed by atoms with E-state index in [1.54, 1.807) is 0 Å². The summed E-state index contributed by atoms with van der Waals surface area (Å²) in [5.41, 5.74) is 0.614. The number of ketones is 1. The molecule has 5 heteroatoms. The molecule has 16 heavy (non-hydrogen) atoms. The van der Waals surface area contributed by atoms with Crippen molar-refractivity contribution in [3.05, 3.63) is 39.9 Å². The van der Waals surface area contributed by atoms with Crippen LogP contribution in [-0.2, 0) is 4.79 Å². The van der Waals surface area contributed by atoms with Crippen LogP contribution >= 0.6 is 0 Å². The van der Waals surface area contributed by atoms with Crippen LogP contribution in [0.5, 0.6) is 0 Å². The number of nitro benzene ring substituents is 1.